The zero-order valence-corrected chi connectivity index (χ0v) is 13.1. The highest BCUT2D eigenvalue weighted by Crippen LogP contribution is 2.63. The molecular weight excluding hydrogens is 244 g/mol. The fourth-order valence-electron chi connectivity index (χ4n) is 3.42. The highest BCUT2D eigenvalue weighted by atomic mass is 28.4. The molecular formula is C14H26O3Si. The molecule has 4 heteroatoms. The molecule has 0 radical (unpaired) electrons. The molecule has 2 saturated carbocycles. The molecule has 2 rings (SSSR count). The van der Waals surface area contributed by atoms with Gasteiger partial charge in [0.05, 0.1) is 18.6 Å². The molecule has 0 aliphatic heterocycles. The summed E-state index contributed by atoms with van der Waals surface area (Å²) in [6.07, 6.45) is 6.21. The maximum absolute atomic E-state index is 12.1. The lowest BCUT2D eigenvalue weighted by atomic mass is 9.84. The van der Waals surface area contributed by atoms with Crippen molar-refractivity contribution in [2.24, 2.45) is 11.3 Å². The van der Waals surface area contributed by atoms with Gasteiger partial charge in [0.2, 0.25) is 0 Å². The summed E-state index contributed by atoms with van der Waals surface area (Å²) < 4.78 is 11.5. The number of hydrogen-bond donors (Lipinski definition) is 0. The topological polar surface area (TPSA) is 35.5 Å². The molecule has 0 aromatic heterocycles. The fraction of sp³-hybridized carbons (Fsp3) is 0.929. The number of carbonyl (C=O) groups is 1. The first-order valence-corrected chi connectivity index (χ1v) is 10.7. The van der Waals surface area contributed by atoms with Crippen LogP contribution in [0.2, 0.25) is 19.6 Å². The van der Waals surface area contributed by atoms with Gasteiger partial charge in [-0.2, -0.15) is 0 Å². The summed E-state index contributed by atoms with van der Waals surface area (Å²) in [5.74, 6) is -0.00729. The smallest absolute Gasteiger partial charge is 0.312 e. The first kappa shape index (κ1) is 14.1. The second-order valence-electron chi connectivity index (χ2n) is 6.67. The van der Waals surface area contributed by atoms with Gasteiger partial charge in [0.1, 0.15) is 0 Å². The van der Waals surface area contributed by atoms with Crippen LogP contribution in [0.1, 0.15) is 39.0 Å². The molecule has 0 aromatic carbocycles. The molecule has 18 heavy (non-hydrogen) atoms. The molecule has 0 unspecified atom stereocenters. The molecule has 0 N–H and O–H groups in total. The second-order valence-corrected chi connectivity index (χ2v) is 11.1. The van der Waals surface area contributed by atoms with Crippen molar-refractivity contribution in [1.82, 2.24) is 0 Å². The molecule has 0 bridgehead atoms. The number of hydrogen-bond acceptors (Lipinski definition) is 3. The van der Waals surface area contributed by atoms with Gasteiger partial charge >= 0.3 is 5.97 Å². The monoisotopic (exact) mass is 270 g/mol. The highest BCUT2D eigenvalue weighted by molar-refractivity contribution is 6.69. The molecule has 1 spiro atoms. The lowest BCUT2D eigenvalue weighted by Crippen LogP contribution is -2.29. The number of carbonyl (C=O) groups excluding carboxylic acids is 1. The Kier molecular flexibility index (Phi) is 3.88. The first-order valence-electron chi connectivity index (χ1n) is 7.25. The molecule has 2 aliphatic carbocycles. The van der Waals surface area contributed by atoms with Crippen LogP contribution in [0.25, 0.3) is 0 Å². The summed E-state index contributed by atoms with van der Waals surface area (Å²) in [6.45, 7) is 8.95. The Bertz CT molecular complexity index is 315. The Labute approximate surface area is 111 Å². The van der Waals surface area contributed by atoms with Crippen molar-refractivity contribution in [2.75, 3.05) is 6.61 Å². The van der Waals surface area contributed by atoms with Gasteiger partial charge in [-0.15, -0.1) is 0 Å². The third-order valence-electron chi connectivity index (χ3n) is 4.19. The van der Waals surface area contributed by atoms with E-state index in [9.17, 15) is 4.79 Å². The van der Waals surface area contributed by atoms with E-state index in [-0.39, 0.29) is 23.4 Å². The van der Waals surface area contributed by atoms with E-state index >= 15 is 0 Å². The minimum Gasteiger partial charge on any atom is -0.466 e. The van der Waals surface area contributed by atoms with E-state index in [0.717, 1.165) is 12.8 Å². The van der Waals surface area contributed by atoms with E-state index in [2.05, 4.69) is 19.6 Å². The Hall–Kier alpha value is -0.353. The minimum absolute atomic E-state index is 0.0180. The van der Waals surface area contributed by atoms with Crippen LogP contribution >= 0.6 is 0 Å². The van der Waals surface area contributed by atoms with E-state index in [0.29, 0.717) is 6.61 Å². The quantitative estimate of drug-likeness (QED) is 0.580. The number of rotatable bonds is 4. The Balaban J connectivity index is 2.08. The lowest BCUT2D eigenvalue weighted by Gasteiger charge is -2.25. The average Bonchev–Trinajstić information content (AvgIpc) is 2.83. The molecule has 0 amide bonds. The molecule has 0 heterocycles. The third kappa shape index (κ3) is 2.64. The van der Waals surface area contributed by atoms with Gasteiger partial charge in [-0.05, 0) is 39.4 Å². The van der Waals surface area contributed by atoms with Gasteiger partial charge < -0.3 is 9.16 Å². The minimum atomic E-state index is -1.59. The van der Waals surface area contributed by atoms with Crippen LogP contribution in [0.4, 0.5) is 0 Å². The molecule has 104 valence electrons. The Morgan fingerprint density at radius 1 is 1.22 bits per heavy atom. The van der Waals surface area contributed by atoms with Crippen molar-refractivity contribution in [3.8, 4) is 0 Å². The standard InChI is InChI=1S/C14H26O3Si/c1-5-16-13(15)11-12(17-18(2,3)4)14(11)9-7-6-8-10-14/h11-12H,5-10H2,1-4H3/t11-,12+/m0/s1. The van der Waals surface area contributed by atoms with Gasteiger partial charge in [0, 0.05) is 5.41 Å². The summed E-state index contributed by atoms with van der Waals surface area (Å²) in [6, 6.07) is 0. The SMILES string of the molecule is CCOC(=O)[C@@H]1[C@@H](O[Si](C)(C)C)C12CCCCC2. The molecule has 3 nitrogen and oxygen atoms in total. The molecule has 2 aliphatic rings. The van der Waals surface area contributed by atoms with Crippen LogP contribution in [0, 0.1) is 11.3 Å². The zero-order valence-electron chi connectivity index (χ0n) is 12.1. The number of esters is 1. The first-order chi connectivity index (χ1) is 8.41. The van der Waals surface area contributed by atoms with Crippen molar-refractivity contribution in [2.45, 2.75) is 64.8 Å². The van der Waals surface area contributed by atoms with E-state index in [1.165, 1.54) is 19.3 Å². The van der Waals surface area contributed by atoms with Crippen LogP contribution < -0.4 is 0 Å². The lowest BCUT2D eigenvalue weighted by molar-refractivity contribution is -0.146. The third-order valence-corrected chi connectivity index (χ3v) is 5.15. The van der Waals surface area contributed by atoms with Crippen molar-refractivity contribution < 1.29 is 14.0 Å². The van der Waals surface area contributed by atoms with E-state index in [1.807, 2.05) is 6.92 Å². The van der Waals surface area contributed by atoms with Crippen LogP contribution in [0.15, 0.2) is 0 Å². The predicted octanol–water partition coefficient (Wildman–Crippen LogP) is 3.35. The maximum Gasteiger partial charge on any atom is 0.312 e. The highest BCUT2D eigenvalue weighted by Gasteiger charge is 2.69. The zero-order chi connectivity index (χ0) is 13.4. The van der Waals surface area contributed by atoms with Crippen molar-refractivity contribution in [3.63, 3.8) is 0 Å². The van der Waals surface area contributed by atoms with E-state index in [4.69, 9.17) is 9.16 Å². The molecule has 0 aromatic rings. The van der Waals surface area contributed by atoms with Gasteiger partial charge in [0.15, 0.2) is 8.32 Å². The van der Waals surface area contributed by atoms with Crippen LogP contribution in [0.3, 0.4) is 0 Å². The summed E-state index contributed by atoms with van der Waals surface area (Å²) in [7, 11) is -1.59. The normalized spacial score (nSPS) is 30.2. The Morgan fingerprint density at radius 3 is 2.33 bits per heavy atom. The second kappa shape index (κ2) is 4.97. The number of ether oxygens (including phenoxy) is 1. The fourth-order valence-corrected chi connectivity index (χ4v) is 4.55. The van der Waals surface area contributed by atoms with Crippen LogP contribution in [-0.2, 0) is 14.0 Å². The Morgan fingerprint density at radius 2 is 1.83 bits per heavy atom. The largest absolute Gasteiger partial charge is 0.466 e. The van der Waals surface area contributed by atoms with Crippen LogP contribution in [0.5, 0.6) is 0 Å². The van der Waals surface area contributed by atoms with Crippen LogP contribution in [-0.4, -0.2) is 27.0 Å². The van der Waals surface area contributed by atoms with Gasteiger partial charge in [-0.1, -0.05) is 19.3 Å². The van der Waals surface area contributed by atoms with Crippen molar-refractivity contribution >= 4 is 14.3 Å². The summed E-state index contributed by atoms with van der Waals surface area (Å²) in [5, 5.41) is 0. The summed E-state index contributed by atoms with van der Waals surface area (Å²) >= 11 is 0. The van der Waals surface area contributed by atoms with Gasteiger partial charge in [0.25, 0.3) is 0 Å². The molecule has 0 saturated heterocycles. The molecule has 2 atom stereocenters. The summed E-state index contributed by atoms with van der Waals surface area (Å²) in [5.41, 5.74) is 0.130. The van der Waals surface area contributed by atoms with Crippen molar-refractivity contribution in [1.29, 1.82) is 0 Å². The van der Waals surface area contributed by atoms with E-state index in [1.54, 1.807) is 0 Å². The molecule has 2 fully saturated rings. The van der Waals surface area contributed by atoms with E-state index < -0.39 is 8.32 Å². The van der Waals surface area contributed by atoms with Gasteiger partial charge in [-0.3, -0.25) is 4.79 Å². The van der Waals surface area contributed by atoms with Crippen molar-refractivity contribution in [3.05, 3.63) is 0 Å². The maximum atomic E-state index is 12.1. The average molecular weight is 270 g/mol. The van der Waals surface area contributed by atoms with Gasteiger partial charge in [-0.25, -0.2) is 0 Å². The predicted molar refractivity (Wildman–Crippen MR) is 73.9 cm³/mol. The summed E-state index contributed by atoms with van der Waals surface area (Å²) in [4.78, 5) is 12.1.